The number of carbonyl (C=O) groups excluding carboxylic acids is 1. The number of nitrogens with one attached hydrogen (secondary N) is 3. The van der Waals surface area contributed by atoms with Crippen molar-refractivity contribution in [3.8, 4) is 0 Å². The van der Waals surface area contributed by atoms with E-state index in [4.69, 9.17) is 12.2 Å². The van der Waals surface area contributed by atoms with E-state index in [9.17, 15) is 4.79 Å². The third-order valence-electron chi connectivity index (χ3n) is 6.28. The van der Waals surface area contributed by atoms with Crippen molar-refractivity contribution in [2.45, 2.75) is 46.3 Å². The number of aryl methyl sites for hydroxylation is 2. The second kappa shape index (κ2) is 8.38. The van der Waals surface area contributed by atoms with E-state index in [1.165, 1.54) is 28.2 Å². The van der Waals surface area contributed by atoms with Gasteiger partial charge in [-0.3, -0.25) is 4.79 Å². The van der Waals surface area contributed by atoms with Gasteiger partial charge in [-0.2, -0.15) is 9.78 Å². The highest BCUT2D eigenvalue weighted by molar-refractivity contribution is 7.71. The molecule has 1 saturated heterocycles. The summed E-state index contributed by atoms with van der Waals surface area (Å²) in [5.41, 5.74) is 3.27. The van der Waals surface area contributed by atoms with Gasteiger partial charge in [0.25, 0.3) is 5.91 Å². The summed E-state index contributed by atoms with van der Waals surface area (Å²) in [6.45, 7) is 11.6. The number of carbonyl (C=O) groups is 1. The molecule has 4 rings (SSSR count). The van der Waals surface area contributed by atoms with Gasteiger partial charge in [-0.25, -0.2) is 0 Å². The highest BCUT2D eigenvalue weighted by atomic mass is 32.1. The van der Waals surface area contributed by atoms with Crippen LogP contribution >= 0.6 is 12.2 Å². The molecular formula is C21H32N6OS+2. The van der Waals surface area contributed by atoms with E-state index in [-0.39, 0.29) is 5.91 Å². The first-order chi connectivity index (χ1) is 13.9. The summed E-state index contributed by atoms with van der Waals surface area (Å²) >= 11 is 5.65. The fourth-order valence-corrected chi connectivity index (χ4v) is 4.58. The number of quaternary nitrogens is 2. The lowest BCUT2D eigenvalue weighted by Gasteiger charge is -2.29. The highest BCUT2D eigenvalue weighted by Crippen LogP contribution is 2.35. The maximum atomic E-state index is 12.5. The van der Waals surface area contributed by atoms with Gasteiger partial charge in [0.05, 0.1) is 0 Å². The first-order valence-electron chi connectivity index (χ1n) is 10.6. The summed E-state index contributed by atoms with van der Waals surface area (Å²) in [6, 6.07) is 6.61. The van der Waals surface area contributed by atoms with Crippen molar-refractivity contribution in [1.82, 2.24) is 14.3 Å². The number of nitrogens with zero attached hydrogens (tertiary/aromatic N) is 3. The number of anilines is 1. The van der Waals surface area contributed by atoms with Gasteiger partial charge in [-0.15, -0.1) is 0 Å². The van der Waals surface area contributed by atoms with E-state index in [1.807, 2.05) is 16.8 Å². The molecule has 29 heavy (non-hydrogen) atoms. The Morgan fingerprint density at radius 2 is 1.86 bits per heavy atom. The van der Waals surface area contributed by atoms with E-state index < -0.39 is 0 Å². The van der Waals surface area contributed by atoms with Crippen molar-refractivity contribution in [2.24, 2.45) is 0 Å². The number of hydrogen-bond donors (Lipinski definition) is 3. The summed E-state index contributed by atoms with van der Waals surface area (Å²) < 4.78 is 5.07. The minimum Gasteiger partial charge on any atom is -0.321 e. The van der Waals surface area contributed by atoms with Gasteiger partial charge in [0.15, 0.2) is 13.2 Å². The molecule has 2 fully saturated rings. The molecule has 7 nitrogen and oxygen atoms in total. The largest absolute Gasteiger partial charge is 0.321 e. The lowest BCUT2D eigenvalue weighted by molar-refractivity contribution is -1.02. The van der Waals surface area contributed by atoms with Crippen molar-refractivity contribution >= 4 is 23.8 Å². The zero-order valence-corrected chi connectivity index (χ0v) is 18.4. The number of hydrogen-bond acceptors (Lipinski definition) is 3. The molecule has 0 unspecified atom stereocenters. The van der Waals surface area contributed by atoms with E-state index >= 15 is 0 Å². The van der Waals surface area contributed by atoms with Crippen LogP contribution in [0.25, 0.3) is 0 Å². The summed E-state index contributed by atoms with van der Waals surface area (Å²) in [5.74, 6) is 1.13. The maximum Gasteiger partial charge on any atom is 0.279 e. The molecule has 1 aliphatic heterocycles. The van der Waals surface area contributed by atoms with Crippen LogP contribution in [0, 0.1) is 25.5 Å². The van der Waals surface area contributed by atoms with Gasteiger partial charge >= 0.3 is 0 Å². The molecule has 2 aliphatic rings. The third-order valence-corrected chi connectivity index (χ3v) is 6.69. The number of benzene rings is 1. The van der Waals surface area contributed by atoms with Crippen LogP contribution in [0.5, 0.6) is 0 Å². The monoisotopic (exact) mass is 416 g/mol. The molecule has 1 aliphatic carbocycles. The van der Waals surface area contributed by atoms with Gasteiger partial charge in [-0.1, -0.05) is 12.1 Å². The smallest absolute Gasteiger partial charge is 0.279 e. The Morgan fingerprint density at radius 1 is 1.17 bits per heavy atom. The Kier molecular flexibility index (Phi) is 5.85. The zero-order valence-electron chi connectivity index (χ0n) is 17.6. The van der Waals surface area contributed by atoms with Crippen molar-refractivity contribution in [3.63, 3.8) is 0 Å². The van der Waals surface area contributed by atoms with Gasteiger partial charge in [0.1, 0.15) is 32.0 Å². The SMILES string of the molecule is Cc1cccc(NC(=O)C[NH+]2CC[NH+](Cn3nc(C)n(C4CC4)c3=S)CC2)c1C. The average Bonchev–Trinajstić information content (AvgIpc) is 3.47. The normalized spacial score (nSPS) is 21.9. The van der Waals surface area contributed by atoms with Crippen molar-refractivity contribution < 1.29 is 14.6 Å². The van der Waals surface area contributed by atoms with Crippen molar-refractivity contribution in [3.05, 3.63) is 39.9 Å². The second-order valence-electron chi connectivity index (χ2n) is 8.56. The predicted octanol–water partition coefficient (Wildman–Crippen LogP) is 0.0539. The molecular weight excluding hydrogens is 384 g/mol. The number of piperazine rings is 1. The molecule has 3 N–H and O–H groups in total. The Bertz CT molecular complexity index is 953. The molecule has 1 amide bonds. The number of rotatable bonds is 6. The van der Waals surface area contributed by atoms with E-state index in [1.54, 1.807) is 0 Å². The van der Waals surface area contributed by atoms with Gasteiger partial charge < -0.3 is 19.7 Å². The molecule has 0 spiro atoms. The fourth-order valence-electron chi connectivity index (χ4n) is 4.20. The number of amides is 1. The summed E-state index contributed by atoms with van der Waals surface area (Å²) in [4.78, 5) is 15.3. The Balaban J connectivity index is 1.27. The van der Waals surface area contributed by atoms with E-state index in [0.29, 0.717) is 12.6 Å². The Labute approximate surface area is 177 Å². The van der Waals surface area contributed by atoms with E-state index in [2.05, 4.69) is 41.8 Å². The molecule has 2 heterocycles. The standard InChI is InChI=1S/C21H30N6OS/c1-15-5-4-6-19(16(15)2)22-20(28)13-24-9-11-25(12-10-24)14-26-21(29)27(17(3)23-26)18-7-8-18/h4-6,18H,7-14H2,1-3H3,(H,22,28)/p+2. The predicted molar refractivity (Wildman–Crippen MR) is 115 cm³/mol. The topological polar surface area (TPSA) is 60.7 Å². The summed E-state index contributed by atoms with van der Waals surface area (Å²) in [7, 11) is 0. The minimum absolute atomic E-state index is 0.0955. The first-order valence-corrected chi connectivity index (χ1v) is 11.0. The zero-order chi connectivity index (χ0) is 20.5. The lowest BCUT2D eigenvalue weighted by Crippen LogP contribution is -3.28. The minimum atomic E-state index is 0.0955. The Hall–Kier alpha value is -2.03. The summed E-state index contributed by atoms with van der Waals surface area (Å²) in [5, 5.41) is 7.76. The van der Waals surface area contributed by atoms with Crippen LogP contribution in [0.3, 0.4) is 0 Å². The van der Waals surface area contributed by atoms with Crippen LogP contribution < -0.4 is 15.1 Å². The molecule has 2 aromatic rings. The van der Waals surface area contributed by atoms with Gasteiger partial charge in [0, 0.05) is 11.7 Å². The van der Waals surface area contributed by atoms with Crippen molar-refractivity contribution in [2.75, 3.05) is 38.0 Å². The summed E-state index contributed by atoms with van der Waals surface area (Å²) in [6.07, 6.45) is 2.44. The molecule has 0 bridgehead atoms. The quantitative estimate of drug-likeness (QED) is 0.584. The van der Waals surface area contributed by atoms with Crippen LogP contribution in [0.4, 0.5) is 5.69 Å². The van der Waals surface area contributed by atoms with Gasteiger partial charge in [0.2, 0.25) is 4.77 Å². The fraction of sp³-hybridized carbons (Fsp3) is 0.571. The lowest BCUT2D eigenvalue weighted by atomic mass is 10.1. The van der Waals surface area contributed by atoms with Crippen LogP contribution in [0.1, 0.15) is 35.8 Å². The molecule has 156 valence electrons. The maximum absolute atomic E-state index is 12.5. The van der Waals surface area contributed by atoms with Crippen LogP contribution in [-0.4, -0.2) is 53.0 Å². The van der Waals surface area contributed by atoms with Crippen LogP contribution in [-0.2, 0) is 11.5 Å². The molecule has 0 radical (unpaired) electrons. The Morgan fingerprint density at radius 3 is 2.55 bits per heavy atom. The second-order valence-corrected chi connectivity index (χ2v) is 8.93. The average molecular weight is 417 g/mol. The van der Waals surface area contributed by atoms with Crippen LogP contribution in [0.15, 0.2) is 18.2 Å². The molecule has 8 heteroatoms. The first kappa shape index (κ1) is 20.3. The molecule has 1 saturated carbocycles. The van der Waals surface area contributed by atoms with Crippen LogP contribution in [0.2, 0.25) is 0 Å². The molecule has 0 atom stereocenters. The molecule has 1 aromatic carbocycles. The third kappa shape index (κ3) is 4.60. The number of aromatic nitrogens is 3. The van der Waals surface area contributed by atoms with Crippen molar-refractivity contribution in [1.29, 1.82) is 0 Å². The van der Waals surface area contributed by atoms with Gasteiger partial charge in [-0.05, 0) is 63.0 Å². The van der Waals surface area contributed by atoms with E-state index in [0.717, 1.165) is 54.7 Å². The highest BCUT2D eigenvalue weighted by Gasteiger charge is 2.29. The molecule has 1 aromatic heterocycles.